The molecule has 226 valence electrons. The summed E-state index contributed by atoms with van der Waals surface area (Å²) in [5, 5.41) is 8.78. The number of ether oxygens (including phenoxy) is 1. The van der Waals surface area contributed by atoms with Crippen molar-refractivity contribution in [2.75, 3.05) is 0 Å². The number of rotatable bonds is 9. The van der Waals surface area contributed by atoms with Crippen molar-refractivity contribution >= 4 is 0 Å². The van der Waals surface area contributed by atoms with Crippen LogP contribution in [0.1, 0.15) is 30.0 Å². The lowest BCUT2D eigenvalue weighted by molar-refractivity contribution is -0.189. The summed E-state index contributed by atoms with van der Waals surface area (Å²) < 4.78 is 92.7. The highest BCUT2D eigenvalue weighted by Crippen LogP contribution is 2.38. The number of aromatic nitrogens is 1. The van der Waals surface area contributed by atoms with Gasteiger partial charge in [-0.05, 0) is 78.4 Å². The molecule has 0 aliphatic heterocycles. The zero-order valence-electron chi connectivity index (χ0n) is 23.8. The molecule has 0 bridgehead atoms. The lowest BCUT2D eigenvalue weighted by Crippen LogP contribution is -2.25. The van der Waals surface area contributed by atoms with Gasteiger partial charge in [0.1, 0.15) is 40.7 Å². The second-order valence-electron chi connectivity index (χ2n) is 10.1. The van der Waals surface area contributed by atoms with Gasteiger partial charge >= 0.3 is 6.11 Å². The number of alkyl halides is 2. The van der Waals surface area contributed by atoms with Crippen molar-refractivity contribution in [2.45, 2.75) is 25.9 Å². The Kier molecular flexibility index (Phi) is 9.05. The number of hydrogen-bond acceptors (Lipinski definition) is 3. The molecule has 0 N–H and O–H groups in total. The highest BCUT2D eigenvalue weighted by atomic mass is 19.3. The van der Waals surface area contributed by atoms with Crippen molar-refractivity contribution in [1.29, 1.82) is 5.26 Å². The van der Waals surface area contributed by atoms with Gasteiger partial charge in [-0.25, -0.2) is 17.6 Å². The molecule has 0 aliphatic carbocycles. The Bertz CT molecular complexity index is 1890. The number of benzene rings is 4. The maximum absolute atomic E-state index is 15.2. The molecule has 1 heterocycles. The number of allylic oxidation sites excluding steroid dienone is 2. The van der Waals surface area contributed by atoms with Gasteiger partial charge in [0, 0.05) is 23.4 Å². The van der Waals surface area contributed by atoms with E-state index in [2.05, 4.69) is 15.8 Å². The van der Waals surface area contributed by atoms with Crippen molar-refractivity contribution < 1.29 is 31.1 Å². The summed E-state index contributed by atoms with van der Waals surface area (Å²) in [6.07, 6.45) is 3.22. The summed E-state index contributed by atoms with van der Waals surface area (Å²) in [4.78, 5) is 4.53. The number of halogens is 6. The zero-order chi connectivity index (χ0) is 32.1. The van der Waals surface area contributed by atoms with E-state index in [1.807, 2.05) is 43.5 Å². The van der Waals surface area contributed by atoms with Crippen LogP contribution in [0.2, 0.25) is 0 Å². The molecule has 5 aromatic rings. The van der Waals surface area contributed by atoms with Crippen LogP contribution in [0.25, 0.3) is 33.5 Å². The second-order valence-corrected chi connectivity index (χ2v) is 10.1. The molecule has 9 heteroatoms. The predicted molar refractivity (Wildman–Crippen MR) is 159 cm³/mol. The molecule has 5 rings (SSSR count). The average molecular weight is 615 g/mol. The van der Waals surface area contributed by atoms with Gasteiger partial charge in [-0.1, -0.05) is 54.6 Å². The fraction of sp³-hybridized carbons (Fsp3) is 0.111. The number of nitriles is 1. The zero-order valence-corrected chi connectivity index (χ0v) is 23.8. The Morgan fingerprint density at radius 2 is 1.42 bits per heavy atom. The van der Waals surface area contributed by atoms with Crippen LogP contribution >= 0.6 is 0 Å². The van der Waals surface area contributed by atoms with Gasteiger partial charge in [-0.15, -0.1) is 0 Å². The Morgan fingerprint density at radius 3 is 2.02 bits per heavy atom. The van der Waals surface area contributed by atoms with Crippen LogP contribution in [0.5, 0.6) is 5.75 Å². The molecule has 0 saturated heterocycles. The number of hydrogen-bond donors (Lipinski definition) is 0. The third-order valence-corrected chi connectivity index (χ3v) is 7.09. The summed E-state index contributed by atoms with van der Waals surface area (Å²) >= 11 is 0. The minimum atomic E-state index is -4.55. The van der Waals surface area contributed by atoms with E-state index in [0.29, 0.717) is 29.3 Å². The Hall–Kier alpha value is -5.36. The molecule has 0 spiro atoms. The van der Waals surface area contributed by atoms with Crippen molar-refractivity contribution in [1.82, 2.24) is 4.98 Å². The standard InChI is InChI=1S/C36H24F6N2O/c1-2-3-4-5-22-6-15-34(44-21-22)24-9-7-23(8-10-24)25-12-14-29(31(38)16-25)27-17-32(39)35(33(40)18-27)36(41,42)45-28-13-11-26(20-43)30(37)19-28/h2-3,6-19,21H,4-5H2,1H3. The van der Waals surface area contributed by atoms with Gasteiger partial charge in [0.25, 0.3) is 0 Å². The van der Waals surface area contributed by atoms with Crippen molar-refractivity contribution in [3.8, 4) is 45.3 Å². The maximum Gasteiger partial charge on any atom is 0.432 e. The predicted octanol–water partition coefficient (Wildman–Crippen LogP) is 10.1. The number of aryl methyl sites for hydroxylation is 1. The lowest BCUT2D eigenvalue weighted by atomic mass is 9.97. The first-order valence-electron chi connectivity index (χ1n) is 13.8. The topological polar surface area (TPSA) is 45.9 Å². The molecule has 0 atom stereocenters. The average Bonchev–Trinajstić information content (AvgIpc) is 3.01. The van der Waals surface area contributed by atoms with Crippen LogP contribution in [-0.2, 0) is 12.5 Å². The smallest absolute Gasteiger partial charge is 0.429 e. The number of nitrogens with zero attached hydrogens (tertiary/aromatic N) is 2. The van der Waals surface area contributed by atoms with E-state index in [1.54, 1.807) is 18.2 Å². The van der Waals surface area contributed by atoms with Gasteiger partial charge in [0.2, 0.25) is 0 Å². The first-order chi connectivity index (χ1) is 21.6. The highest BCUT2D eigenvalue weighted by Gasteiger charge is 2.41. The summed E-state index contributed by atoms with van der Waals surface area (Å²) in [5.74, 6) is -6.10. The van der Waals surface area contributed by atoms with Gasteiger partial charge < -0.3 is 4.74 Å². The minimum Gasteiger partial charge on any atom is -0.429 e. The fourth-order valence-electron chi connectivity index (χ4n) is 4.78. The van der Waals surface area contributed by atoms with E-state index >= 15 is 4.39 Å². The molecule has 3 nitrogen and oxygen atoms in total. The van der Waals surface area contributed by atoms with Crippen LogP contribution in [0.4, 0.5) is 26.3 Å². The van der Waals surface area contributed by atoms with E-state index in [9.17, 15) is 22.0 Å². The molecule has 0 radical (unpaired) electrons. The van der Waals surface area contributed by atoms with Gasteiger partial charge in [-0.3, -0.25) is 4.98 Å². The van der Waals surface area contributed by atoms with E-state index in [-0.39, 0.29) is 11.1 Å². The second kappa shape index (κ2) is 13.1. The van der Waals surface area contributed by atoms with E-state index in [4.69, 9.17) is 5.26 Å². The fourth-order valence-corrected chi connectivity index (χ4v) is 4.78. The maximum atomic E-state index is 15.2. The summed E-state index contributed by atoms with van der Waals surface area (Å²) in [6.45, 7) is 1.98. The highest BCUT2D eigenvalue weighted by molar-refractivity contribution is 5.73. The van der Waals surface area contributed by atoms with Gasteiger partial charge in [-0.2, -0.15) is 14.0 Å². The SMILES string of the molecule is CC=CCCc1ccc(-c2ccc(-c3ccc(-c4cc(F)c(C(F)(F)Oc5ccc(C#N)c(F)c5)c(F)c4)c(F)c3)cc2)nc1. The van der Waals surface area contributed by atoms with Crippen LogP contribution < -0.4 is 4.74 Å². The molecule has 0 saturated carbocycles. The van der Waals surface area contributed by atoms with Crippen LogP contribution in [-0.4, -0.2) is 4.98 Å². The van der Waals surface area contributed by atoms with E-state index in [1.165, 1.54) is 18.2 Å². The van der Waals surface area contributed by atoms with Gasteiger partial charge in [0.15, 0.2) is 0 Å². The number of pyridine rings is 1. The summed E-state index contributed by atoms with van der Waals surface area (Å²) in [7, 11) is 0. The van der Waals surface area contributed by atoms with Crippen molar-refractivity contribution in [3.05, 3.63) is 143 Å². The first-order valence-corrected chi connectivity index (χ1v) is 13.8. The Morgan fingerprint density at radius 1 is 0.756 bits per heavy atom. The molecule has 45 heavy (non-hydrogen) atoms. The third kappa shape index (κ3) is 6.91. The molecule has 0 aliphatic rings. The quantitative estimate of drug-likeness (QED) is 0.123. The largest absolute Gasteiger partial charge is 0.432 e. The molecule has 4 aromatic carbocycles. The Balaban J connectivity index is 1.34. The molecular weight excluding hydrogens is 590 g/mol. The molecule has 0 amide bonds. The van der Waals surface area contributed by atoms with Crippen LogP contribution in [0.15, 0.2) is 103 Å². The van der Waals surface area contributed by atoms with Crippen LogP contribution in [0.3, 0.4) is 0 Å². The van der Waals surface area contributed by atoms with Crippen molar-refractivity contribution in [2.24, 2.45) is 0 Å². The van der Waals surface area contributed by atoms with E-state index < -0.39 is 46.3 Å². The monoisotopic (exact) mass is 614 g/mol. The Labute approximate surface area is 255 Å². The minimum absolute atomic E-state index is 0.211. The molecule has 0 unspecified atom stereocenters. The van der Waals surface area contributed by atoms with E-state index in [0.717, 1.165) is 41.8 Å². The lowest BCUT2D eigenvalue weighted by Gasteiger charge is -2.20. The normalized spacial score (nSPS) is 11.5. The van der Waals surface area contributed by atoms with Crippen molar-refractivity contribution in [3.63, 3.8) is 0 Å². The summed E-state index contributed by atoms with van der Waals surface area (Å²) in [5.41, 5.74) is 1.26. The van der Waals surface area contributed by atoms with Crippen LogP contribution in [0, 0.1) is 34.6 Å². The molecule has 1 aromatic heterocycles. The third-order valence-electron chi connectivity index (χ3n) is 7.09. The summed E-state index contributed by atoms with van der Waals surface area (Å²) in [6, 6.07) is 20.2. The molecular formula is C36H24F6N2O. The van der Waals surface area contributed by atoms with Gasteiger partial charge in [0.05, 0.1) is 11.3 Å². The molecule has 0 fully saturated rings. The first kappa shape index (κ1) is 31.1.